The Hall–Kier alpha value is -2.89. The lowest BCUT2D eigenvalue weighted by atomic mass is 10.1. The second kappa shape index (κ2) is 10.3. The number of anilines is 1. The maximum Gasteiger partial charge on any atom is 0.255 e. The highest BCUT2D eigenvalue weighted by molar-refractivity contribution is 6.04. The number of ether oxygens (including phenoxy) is 4. The molecule has 0 spiro atoms. The van der Waals surface area contributed by atoms with Gasteiger partial charge in [-0.15, -0.1) is 0 Å². The maximum absolute atomic E-state index is 12.6. The van der Waals surface area contributed by atoms with Gasteiger partial charge in [0.25, 0.3) is 5.91 Å². The monoisotopic (exact) mass is 373 g/mol. The van der Waals surface area contributed by atoms with Crippen LogP contribution in [-0.4, -0.2) is 33.3 Å². The van der Waals surface area contributed by atoms with Gasteiger partial charge in [0.2, 0.25) is 0 Å². The highest BCUT2D eigenvalue weighted by Crippen LogP contribution is 2.32. The minimum atomic E-state index is -0.250. The van der Waals surface area contributed by atoms with Gasteiger partial charge >= 0.3 is 0 Å². The molecule has 0 aliphatic rings. The van der Waals surface area contributed by atoms with Gasteiger partial charge in [0.1, 0.15) is 0 Å². The van der Waals surface area contributed by atoms with Gasteiger partial charge in [-0.05, 0) is 43.2 Å². The largest absolute Gasteiger partial charge is 0.493 e. The Morgan fingerprint density at radius 1 is 0.815 bits per heavy atom. The highest BCUT2D eigenvalue weighted by Gasteiger charge is 2.13. The Bertz CT molecular complexity index is 760. The molecule has 6 nitrogen and oxygen atoms in total. The zero-order valence-electron chi connectivity index (χ0n) is 16.3. The fourth-order valence-corrected chi connectivity index (χ4v) is 2.42. The second-order valence-electron chi connectivity index (χ2n) is 5.88. The van der Waals surface area contributed by atoms with Gasteiger partial charge in [-0.3, -0.25) is 4.79 Å². The number of hydrogen-bond acceptors (Lipinski definition) is 5. The number of amides is 1. The molecule has 0 aliphatic heterocycles. The zero-order chi connectivity index (χ0) is 19.6. The van der Waals surface area contributed by atoms with Gasteiger partial charge in [-0.2, -0.15) is 0 Å². The average molecular weight is 373 g/mol. The summed E-state index contributed by atoms with van der Waals surface area (Å²) in [4.78, 5) is 12.6. The molecule has 2 aromatic rings. The molecule has 0 saturated heterocycles. The lowest BCUT2D eigenvalue weighted by molar-refractivity contribution is 0.102. The average Bonchev–Trinajstić information content (AvgIpc) is 2.70. The molecule has 0 heterocycles. The fourth-order valence-electron chi connectivity index (χ4n) is 2.42. The van der Waals surface area contributed by atoms with E-state index in [1.165, 1.54) is 7.11 Å². The molecule has 0 aliphatic carbocycles. The normalized spacial score (nSPS) is 10.2. The molecule has 0 atom stereocenters. The van der Waals surface area contributed by atoms with Gasteiger partial charge in [0.15, 0.2) is 23.0 Å². The summed E-state index contributed by atoms with van der Waals surface area (Å²) in [6, 6.07) is 10.4. The number of rotatable bonds is 10. The minimum Gasteiger partial charge on any atom is -0.493 e. The number of carbonyl (C=O) groups is 1. The van der Waals surface area contributed by atoms with E-state index in [-0.39, 0.29) is 5.91 Å². The van der Waals surface area contributed by atoms with Crippen LogP contribution in [0.1, 0.15) is 37.0 Å². The topological polar surface area (TPSA) is 66.0 Å². The summed E-state index contributed by atoms with van der Waals surface area (Å²) in [7, 11) is 3.09. The van der Waals surface area contributed by atoms with Gasteiger partial charge < -0.3 is 24.3 Å². The van der Waals surface area contributed by atoms with Crippen LogP contribution in [-0.2, 0) is 0 Å². The van der Waals surface area contributed by atoms with E-state index in [0.717, 1.165) is 12.8 Å². The first-order valence-corrected chi connectivity index (χ1v) is 9.05. The number of carbonyl (C=O) groups excluding carboxylic acids is 1. The van der Waals surface area contributed by atoms with Crippen LogP contribution in [0.25, 0.3) is 0 Å². The molecule has 0 saturated carbocycles. The Balaban J connectivity index is 2.19. The van der Waals surface area contributed by atoms with Crippen molar-refractivity contribution in [1.82, 2.24) is 0 Å². The minimum absolute atomic E-state index is 0.250. The van der Waals surface area contributed by atoms with Crippen LogP contribution in [0.15, 0.2) is 36.4 Å². The van der Waals surface area contributed by atoms with E-state index >= 15 is 0 Å². The standard InChI is InChI=1S/C21H27NO5/c1-5-11-26-18-10-8-16(14-20(18)27-12-6-2)22-21(23)15-7-9-17(24-3)19(13-15)25-4/h7-10,13-14H,5-6,11-12H2,1-4H3,(H,22,23). The van der Waals surface area contributed by atoms with E-state index in [0.29, 0.717) is 47.5 Å². The summed E-state index contributed by atoms with van der Waals surface area (Å²) < 4.78 is 21.9. The number of nitrogens with one attached hydrogen (secondary N) is 1. The first-order chi connectivity index (χ1) is 13.1. The van der Waals surface area contributed by atoms with Crippen molar-refractivity contribution in [3.63, 3.8) is 0 Å². The predicted octanol–water partition coefficient (Wildman–Crippen LogP) is 4.53. The summed E-state index contributed by atoms with van der Waals surface area (Å²) in [5.41, 5.74) is 1.10. The van der Waals surface area contributed by atoms with E-state index in [9.17, 15) is 4.79 Å². The van der Waals surface area contributed by atoms with Crippen molar-refractivity contribution in [3.05, 3.63) is 42.0 Å². The van der Waals surface area contributed by atoms with Crippen LogP contribution in [0, 0.1) is 0 Å². The third-order valence-corrected chi connectivity index (χ3v) is 3.77. The third-order valence-electron chi connectivity index (χ3n) is 3.77. The van der Waals surface area contributed by atoms with E-state index in [1.54, 1.807) is 37.4 Å². The SMILES string of the molecule is CCCOc1ccc(NC(=O)c2ccc(OC)c(OC)c2)cc1OCCC. The molecule has 0 aromatic heterocycles. The lowest BCUT2D eigenvalue weighted by Crippen LogP contribution is -2.12. The Morgan fingerprint density at radius 2 is 1.44 bits per heavy atom. The summed E-state index contributed by atoms with van der Waals surface area (Å²) in [5.74, 6) is 2.12. The Kier molecular flexibility index (Phi) is 7.79. The van der Waals surface area contributed by atoms with Crippen molar-refractivity contribution in [2.45, 2.75) is 26.7 Å². The van der Waals surface area contributed by atoms with Crippen LogP contribution in [0.3, 0.4) is 0 Å². The Labute approximate surface area is 160 Å². The fraction of sp³-hybridized carbons (Fsp3) is 0.381. The van der Waals surface area contributed by atoms with Crippen LogP contribution < -0.4 is 24.3 Å². The van der Waals surface area contributed by atoms with Crippen LogP contribution in [0.2, 0.25) is 0 Å². The van der Waals surface area contributed by atoms with Gasteiger partial charge in [-0.1, -0.05) is 13.8 Å². The van der Waals surface area contributed by atoms with Crippen molar-refractivity contribution in [3.8, 4) is 23.0 Å². The third kappa shape index (κ3) is 5.54. The molecule has 6 heteroatoms. The lowest BCUT2D eigenvalue weighted by Gasteiger charge is -2.14. The Morgan fingerprint density at radius 3 is 2.07 bits per heavy atom. The molecule has 2 aromatic carbocycles. The summed E-state index contributed by atoms with van der Waals surface area (Å²) >= 11 is 0. The molecular formula is C21H27NO5. The quantitative estimate of drug-likeness (QED) is 0.663. The van der Waals surface area contributed by atoms with Crippen molar-refractivity contribution < 1.29 is 23.7 Å². The predicted molar refractivity (Wildman–Crippen MR) is 106 cm³/mol. The molecule has 1 amide bonds. The van der Waals surface area contributed by atoms with Crippen LogP contribution in [0.5, 0.6) is 23.0 Å². The molecular weight excluding hydrogens is 346 g/mol. The summed E-state index contributed by atoms with van der Waals surface area (Å²) in [5, 5.41) is 2.88. The van der Waals surface area contributed by atoms with E-state index < -0.39 is 0 Å². The second-order valence-corrected chi connectivity index (χ2v) is 5.88. The van der Waals surface area contributed by atoms with E-state index in [4.69, 9.17) is 18.9 Å². The molecule has 27 heavy (non-hydrogen) atoms. The van der Waals surface area contributed by atoms with Gasteiger partial charge in [0, 0.05) is 17.3 Å². The smallest absolute Gasteiger partial charge is 0.255 e. The number of methoxy groups -OCH3 is 2. The molecule has 0 unspecified atom stereocenters. The van der Waals surface area contributed by atoms with Crippen molar-refractivity contribution in [2.24, 2.45) is 0 Å². The zero-order valence-corrected chi connectivity index (χ0v) is 16.3. The number of benzene rings is 2. The molecule has 0 radical (unpaired) electrons. The summed E-state index contributed by atoms with van der Waals surface area (Å²) in [6.45, 7) is 5.27. The van der Waals surface area contributed by atoms with Crippen molar-refractivity contribution in [2.75, 3.05) is 32.8 Å². The van der Waals surface area contributed by atoms with Crippen molar-refractivity contribution in [1.29, 1.82) is 0 Å². The molecule has 146 valence electrons. The first-order valence-electron chi connectivity index (χ1n) is 9.05. The van der Waals surface area contributed by atoms with Crippen LogP contribution >= 0.6 is 0 Å². The van der Waals surface area contributed by atoms with Crippen molar-refractivity contribution >= 4 is 11.6 Å². The first kappa shape index (κ1) is 20.4. The highest BCUT2D eigenvalue weighted by atomic mass is 16.5. The molecule has 0 fully saturated rings. The van der Waals surface area contributed by atoms with Gasteiger partial charge in [-0.25, -0.2) is 0 Å². The molecule has 2 rings (SSSR count). The van der Waals surface area contributed by atoms with Crippen LogP contribution in [0.4, 0.5) is 5.69 Å². The summed E-state index contributed by atoms with van der Waals surface area (Å²) in [6.07, 6.45) is 1.79. The molecule has 1 N–H and O–H groups in total. The van der Waals surface area contributed by atoms with E-state index in [2.05, 4.69) is 5.32 Å². The number of hydrogen-bond donors (Lipinski definition) is 1. The molecule has 0 bridgehead atoms. The van der Waals surface area contributed by atoms with E-state index in [1.807, 2.05) is 19.9 Å². The maximum atomic E-state index is 12.6. The van der Waals surface area contributed by atoms with Gasteiger partial charge in [0.05, 0.1) is 27.4 Å².